The zero-order valence-corrected chi connectivity index (χ0v) is 25.3. The Balaban J connectivity index is 2.09. The van der Waals surface area contributed by atoms with Crippen LogP contribution in [0, 0.1) is 6.92 Å². The number of nitrogens with zero attached hydrogens (tertiary/aromatic N) is 2. The Hall–Kier alpha value is -3.08. The van der Waals surface area contributed by atoms with Crippen molar-refractivity contribution >= 4 is 55.1 Å². The second kappa shape index (κ2) is 13.3. The minimum absolute atomic E-state index is 0.0281. The van der Waals surface area contributed by atoms with Gasteiger partial charge in [0.2, 0.25) is 11.8 Å². The molecule has 3 rings (SSSR count). The van der Waals surface area contributed by atoms with Gasteiger partial charge < -0.3 is 15.0 Å². The number of rotatable bonds is 11. The van der Waals surface area contributed by atoms with Gasteiger partial charge in [-0.15, -0.1) is 0 Å². The van der Waals surface area contributed by atoms with E-state index in [-0.39, 0.29) is 17.3 Å². The molecule has 1 N–H and O–H groups in total. The van der Waals surface area contributed by atoms with Crippen LogP contribution < -0.4 is 14.4 Å². The van der Waals surface area contributed by atoms with Crippen molar-refractivity contribution in [2.24, 2.45) is 0 Å². The van der Waals surface area contributed by atoms with Crippen molar-refractivity contribution in [3.05, 3.63) is 87.4 Å². The first-order valence-corrected chi connectivity index (χ1v) is 14.8. The number of aryl methyl sites for hydroxylation is 1. The molecule has 1 atom stereocenters. The molecule has 8 nitrogen and oxygen atoms in total. The molecule has 0 aliphatic rings. The first-order chi connectivity index (χ1) is 18.5. The smallest absolute Gasteiger partial charge is 0.264 e. The Kier molecular flexibility index (Phi) is 10.4. The molecule has 0 bridgehead atoms. The number of nitrogens with one attached hydrogen (secondary N) is 1. The SMILES string of the molecule is CCC(C(=O)NC)N(Cc1ccccc1Cl)C(=O)CN(c1ccc(C)cc1)S(=O)(=O)c1ccc(OC)c(Br)c1. The predicted octanol–water partition coefficient (Wildman–Crippen LogP) is 5.17. The standard InChI is InChI=1S/C28H31BrClN3O5S/c1-5-25(28(35)31-3)32(17-20-8-6-7-9-24(20)30)27(34)18-33(21-12-10-19(2)11-13-21)39(36,37)22-14-15-26(38-4)23(29)16-22/h6-16,25H,5,17-18H2,1-4H3,(H,31,35). The van der Waals surface area contributed by atoms with E-state index in [1.807, 2.05) is 6.92 Å². The topological polar surface area (TPSA) is 96.0 Å². The number of methoxy groups -OCH3 is 1. The van der Waals surface area contributed by atoms with E-state index < -0.39 is 28.5 Å². The van der Waals surface area contributed by atoms with Crippen LogP contribution in [0.3, 0.4) is 0 Å². The maximum atomic E-state index is 14.0. The molecule has 0 spiro atoms. The lowest BCUT2D eigenvalue weighted by molar-refractivity contribution is -0.140. The van der Waals surface area contributed by atoms with Gasteiger partial charge in [0.25, 0.3) is 10.0 Å². The van der Waals surface area contributed by atoms with E-state index in [0.717, 1.165) is 9.87 Å². The number of carbonyl (C=O) groups excluding carboxylic acids is 2. The number of benzene rings is 3. The number of hydrogen-bond acceptors (Lipinski definition) is 5. The van der Waals surface area contributed by atoms with Crippen molar-refractivity contribution in [1.29, 1.82) is 0 Å². The molecule has 0 radical (unpaired) electrons. The Bertz CT molecular complexity index is 1430. The van der Waals surface area contributed by atoms with Crippen LogP contribution in [-0.2, 0) is 26.2 Å². The summed E-state index contributed by atoms with van der Waals surface area (Å²) in [5, 5.41) is 3.04. The Labute approximate surface area is 243 Å². The number of likely N-dealkylation sites (N-methyl/N-ethyl adjacent to an activating group) is 1. The van der Waals surface area contributed by atoms with Gasteiger partial charge in [-0.2, -0.15) is 0 Å². The minimum Gasteiger partial charge on any atom is -0.496 e. The molecule has 0 heterocycles. The van der Waals surface area contributed by atoms with Crippen molar-refractivity contribution < 1.29 is 22.7 Å². The van der Waals surface area contributed by atoms with Crippen LogP contribution in [0.25, 0.3) is 0 Å². The summed E-state index contributed by atoms with van der Waals surface area (Å²) in [7, 11) is -1.23. The van der Waals surface area contributed by atoms with Crippen molar-refractivity contribution in [2.45, 2.75) is 37.8 Å². The van der Waals surface area contributed by atoms with E-state index in [9.17, 15) is 18.0 Å². The first kappa shape index (κ1) is 30.5. The van der Waals surface area contributed by atoms with Crippen molar-refractivity contribution in [3.63, 3.8) is 0 Å². The molecular formula is C28H31BrClN3O5S. The zero-order chi connectivity index (χ0) is 28.7. The minimum atomic E-state index is -4.21. The Morgan fingerprint density at radius 1 is 1.08 bits per heavy atom. The van der Waals surface area contributed by atoms with Gasteiger partial charge in [-0.1, -0.05) is 54.4 Å². The summed E-state index contributed by atoms with van der Waals surface area (Å²) in [5.74, 6) is -0.446. The summed E-state index contributed by atoms with van der Waals surface area (Å²) in [4.78, 5) is 28.1. The highest BCUT2D eigenvalue weighted by Gasteiger charge is 2.34. The lowest BCUT2D eigenvalue weighted by Gasteiger charge is -2.33. The molecule has 3 aromatic carbocycles. The largest absolute Gasteiger partial charge is 0.496 e. The number of hydrogen-bond donors (Lipinski definition) is 1. The third-order valence-corrected chi connectivity index (χ3v) is 9.00. The molecule has 2 amide bonds. The van der Waals surface area contributed by atoms with E-state index in [1.54, 1.807) is 55.5 Å². The van der Waals surface area contributed by atoms with E-state index in [1.165, 1.54) is 37.3 Å². The highest BCUT2D eigenvalue weighted by molar-refractivity contribution is 9.10. The quantitative estimate of drug-likeness (QED) is 0.314. The molecule has 39 heavy (non-hydrogen) atoms. The molecule has 1 unspecified atom stereocenters. The number of halogens is 2. The van der Waals surface area contributed by atoms with Gasteiger partial charge in [-0.05, 0) is 71.2 Å². The van der Waals surface area contributed by atoms with Gasteiger partial charge in [0.15, 0.2) is 0 Å². The predicted molar refractivity (Wildman–Crippen MR) is 157 cm³/mol. The molecule has 11 heteroatoms. The molecule has 3 aromatic rings. The van der Waals surface area contributed by atoms with E-state index in [2.05, 4.69) is 21.2 Å². The third-order valence-electron chi connectivity index (χ3n) is 6.24. The molecule has 0 saturated carbocycles. The Morgan fingerprint density at radius 3 is 2.31 bits per heavy atom. The molecule has 0 aliphatic heterocycles. The van der Waals surface area contributed by atoms with Crippen LogP contribution >= 0.6 is 27.5 Å². The maximum Gasteiger partial charge on any atom is 0.264 e. The second-order valence-electron chi connectivity index (χ2n) is 8.79. The fourth-order valence-corrected chi connectivity index (χ4v) is 6.40. The van der Waals surface area contributed by atoms with Gasteiger partial charge in [-0.3, -0.25) is 13.9 Å². The van der Waals surface area contributed by atoms with Gasteiger partial charge in [0.05, 0.1) is 22.2 Å². The van der Waals surface area contributed by atoms with E-state index >= 15 is 0 Å². The van der Waals surface area contributed by atoms with Gasteiger partial charge in [0, 0.05) is 18.6 Å². The molecule has 0 saturated heterocycles. The summed E-state index contributed by atoms with van der Waals surface area (Å²) < 4.78 is 34.7. The molecule has 0 aliphatic carbocycles. The van der Waals surface area contributed by atoms with Crippen LogP contribution in [0.2, 0.25) is 5.02 Å². The van der Waals surface area contributed by atoms with Gasteiger partial charge in [0.1, 0.15) is 18.3 Å². The van der Waals surface area contributed by atoms with Crippen molar-refractivity contribution in [3.8, 4) is 5.75 Å². The highest BCUT2D eigenvalue weighted by atomic mass is 79.9. The molecule has 0 aromatic heterocycles. The number of ether oxygens (including phenoxy) is 1. The molecular weight excluding hydrogens is 606 g/mol. The van der Waals surface area contributed by atoms with Crippen molar-refractivity contribution in [1.82, 2.24) is 10.2 Å². The van der Waals surface area contributed by atoms with Crippen LogP contribution in [0.1, 0.15) is 24.5 Å². The average Bonchev–Trinajstić information content (AvgIpc) is 2.92. The summed E-state index contributed by atoms with van der Waals surface area (Å²) in [5.41, 5.74) is 1.88. The van der Waals surface area contributed by atoms with Crippen LogP contribution in [0.5, 0.6) is 5.75 Å². The molecule has 0 fully saturated rings. The second-order valence-corrected chi connectivity index (χ2v) is 11.9. The zero-order valence-electron chi connectivity index (χ0n) is 22.1. The van der Waals surface area contributed by atoms with Crippen LogP contribution in [0.4, 0.5) is 5.69 Å². The summed E-state index contributed by atoms with van der Waals surface area (Å²) >= 11 is 9.73. The normalized spacial score (nSPS) is 11.9. The Morgan fingerprint density at radius 2 is 1.74 bits per heavy atom. The van der Waals surface area contributed by atoms with Crippen LogP contribution in [-0.4, -0.2) is 51.9 Å². The fraction of sp³-hybridized carbons (Fsp3) is 0.286. The average molecular weight is 637 g/mol. The number of sulfonamides is 1. The number of carbonyl (C=O) groups is 2. The third kappa shape index (κ3) is 7.12. The summed E-state index contributed by atoms with van der Waals surface area (Å²) in [6.07, 6.45) is 0.318. The van der Waals surface area contributed by atoms with Gasteiger partial charge >= 0.3 is 0 Å². The van der Waals surface area contributed by atoms with E-state index in [0.29, 0.717) is 32.9 Å². The fourth-order valence-electron chi connectivity index (χ4n) is 4.07. The monoisotopic (exact) mass is 635 g/mol. The first-order valence-electron chi connectivity index (χ1n) is 12.2. The number of anilines is 1. The summed E-state index contributed by atoms with van der Waals surface area (Å²) in [6, 6.07) is 17.4. The van der Waals surface area contributed by atoms with Gasteiger partial charge in [-0.25, -0.2) is 8.42 Å². The lowest BCUT2D eigenvalue weighted by Crippen LogP contribution is -2.51. The number of amides is 2. The van der Waals surface area contributed by atoms with Crippen molar-refractivity contribution in [2.75, 3.05) is 25.0 Å². The lowest BCUT2D eigenvalue weighted by atomic mass is 10.1. The van der Waals surface area contributed by atoms with Crippen LogP contribution in [0.15, 0.2) is 76.1 Å². The summed E-state index contributed by atoms with van der Waals surface area (Å²) in [6.45, 7) is 3.17. The molecule has 208 valence electrons. The van der Waals surface area contributed by atoms with E-state index in [4.69, 9.17) is 16.3 Å². The highest BCUT2D eigenvalue weighted by Crippen LogP contribution is 2.31. The maximum absolute atomic E-state index is 14.0.